The van der Waals surface area contributed by atoms with Gasteiger partial charge in [-0.2, -0.15) is 0 Å². The van der Waals surface area contributed by atoms with E-state index < -0.39 is 6.67 Å². The van der Waals surface area contributed by atoms with Gasteiger partial charge in [0.05, 0.1) is 0 Å². The van der Waals surface area contributed by atoms with Crippen LogP contribution in [0.15, 0.2) is 22.7 Å². The maximum Gasteiger partial charge on any atom is 0.134 e. The van der Waals surface area contributed by atoms with Gasteiger partial charge in [-0.15, -0.1) is 0 Å². The zero-order valence-corrected chi connectivity index (χ0v) is 8.90. The van der Waals surface area contributed by atoms with E-state index in [9.17, 15) is 9.18 Å². The summed E-state index contributed by atoms with van der Waals surface area (Å²) < 4.78 is 13.0. The third-order valence-corrected chi connectivity index (χ3v) is 2.45. The normalized spacial score (nSPS) is 10.1. The van der Waals surface area contributed by atoms with Crippen LogP contribution in [0.25, 0.3) is 0 Å². The van der Waals surface area contributed by atoms with E-state index in [0.717, 1.165) is 10.0 Å². The SMILES string of the molecule is CC(=O)Cc1ccc(CF)c(Br)c1. The highest BCUT2D eigenvalue weighted by Gasteiger charge is 2.02. The first-order valence-electron chi connectivity index (χ1n) is 3.96. The molecule has 1 nitrogen and oxygen atoms in total. The van der Waals surface area contributed by atoms with E-state index in [0.29, 0.717) is 12.0 Å². The van der Waals surface area contributed by atoms with Gasteiger partial charge in [0.15, 0.2) is 0 Å². The second-order valence-electron chi connectivity index (χ2n) is 2.94. The van der Waals surface area contributed by atoms with Crippen molar-refractivity contribution < 1.29 is 9.18 Å². The Bertz CT molecular complexity index is 323. The number of benzene rings is 1. The molecule has 0 amide bonds. The van der Waals surface area contributed by atoms with Crippen molar-refractivity contribution in [2.45, 2.75) is 20.0 Å². The van der Waals surface area contributed by atoms with E-state index in [1.54, 1.807) is 18.2 Å². The van der Waals surface area contributed by atoms with Crippen LogP contribution in [-0.2, 0) is 17.9 Å². The third kappa shape index (κ3) is 2.92. The smallest absolute Gasteiger partial charge is 0.134 e. The molecule has 0 saturated carbocycles. The Morgan fingerprint density at radius 1 is 1.54 bits per heavy atom. The van der Waals surface area contributed by atoms with Crippen molar-refractivity contribution in [3.63, 3.8) is 0 Å². The molecule has 0 aromatic heterocycles. The lowest BCUT2D eigenvalue weighted by molar-refractivity contribution is -0.116. The van der Waals surface area contributed by atoms with Crippen LogP contribution in [0.1, 0.15) is 18.1 Å². The molecule has 1 aromatic rings. The minimum Gasteiger partial charge on any atom is -0.300 e. The van der Waals surface area contributed by atoms with Crippen LogP contribution in [0.3, 0.4) is 0 Å². The zero-order chi connectivity index (χ0) is 9.84. The number of rotatable bonds is 3. The van der Waals surface area contributed by atoms with E-state index in [1.807, 2.05) is 0 Å². The van der Waals surface area contributed by atoms with Gasteiger partial charge < -0.3 is 0 Å². The van der Waals surface area contributed by atoms with Gasteiger partial charge in [0.2, 0.25) is 0 Å². The number of halogens is 2. The molecule has 0 radical (unpaired) electrons. The highest BCUT2D eigenvalue weighted by Crippen LogP contribution is 2.19. The standard InChI is InChI=1S/C10H10BrFO/c1-7(13)4-8-2-3-9(6-12)10(11)5-8/h2-3,5H,4,6H2,1H3. The van der Waals surface area contributed by atoms with Gasteiger partial charge in [0.25, 0.3) is 0 Å². The Balaban J connectivity index is 2.89. The first kappa shape index (κ1) is 10.4. The lowest BCUT2D eigenvalue weighted by Gasteiger charge is -2.02. The van der Waals surface area contributed by atoms with Gasteiger partial charge >= 0.3 is 0 Å². The van der Waals surface area contributed by atoms with E-state index in [2.05, 4.69) is 15.9 Å². The Hall–Kier alpha value is -0.700. The molecule has 0 N–H and O–H groups in total. The summed E-state index contributed by atoms with van der Waals surface area (Å²) in [4.78, 5) is 10.8. The van der Waals surface area contributed by atoms with Gasteiger partial charge in [-0.05, 0) is 24.1 Å². The molecule has 0 aliphatic rings. The van der Waals surface area contributed by atoms with E-state index in [-0.39, 0.29) is 5.78 Å². The molecule has 0 spiro atoms. The number of hydrogen-bond donors (Lipinski definition) is 0. The number of carbonyl (C=O) groups is 1. The molecular weight excluding hydrogens is 235 g/mol. The van der Waals surface area contributed by atoms with Crippen LogP contribution >= 0.6 is 15.9 Å². The molecule has 0 aliphatic carbocycles. The van der Waals surface area contributed by atoms with Crippen LogP contribution in [0.4, 0.5) is 4.39 Å². The molecule has 70 valence electrons. The summed E-state index contributed by atoms with van der Waals surface area (Å²) in [6, 6.07) is 5.26. The lowest BCUT2D eigenvalue weighted by Crippen LogP contribution is -1.96. The molecule has 3 heteroatoms. The van der Waals surface area contributed by atoms with Crippen LogP contribution in [-0.4, -0.2) is 5.78 Å². The van der Waals surface area contributed by atoms with Gasteiger partial charge in [-0.3, -0.25) is 4.79 Å². The summed E-state index contributed by atoms with van der Waals surface area (Å²) in [6.07, 6.45) is 0.408. The fourth-order valence-electron chi connectivity index (χ4n) is 1.10. The first-order valence-corrected chi connectivity index (χ1v) is 4.75. The molecule has 0 bridgehead atoms. The van der Waals surface area contributed by atoms with Crippen LogP contribution in [0.2, 0.25) is 0 Å². The van der Waals surface area contributed by atoms with Crippen LogP contribution in [0, 0.1) is 0 Å². The number of carbonyl (C=O) groups excluding carboxylic acids is 1. The first-order chi connectivity index (χ1) is 6.13. The molecule has 0 fully saturated rings. The predicted octanol–water partition coefficient (Wildman–Crippen LogP) is 3.05. The van der Waals surface area contributed by atoms with Gasteiger partial charge in [0.1, 0.15) is 12.5 Å². The van der Waals surface area contributed by atoms with Crippen LogP contribution < -0.4 is 0 Å². The van der Waals surface area contributed by atoms with Crippen molar-refractivity contribution in [3.8, 4) is 0 Å². The monoisotopic (exact) mass is 244 g/mol. The van der Waals surface area contributed by atoms with Crippen molar-refractivity contribution in [1.82, 2.24) is 0 Å². The molecule has 1 rings (SSSR count). The summed E-state index contributed by atoms with van der Waals surface area (Å²) in [7, 11) is 0. The third-order valence-electron chi connectivity index (χ3n) is 1.71. The topological polar surface area (TPSA) is 17.1 Å². The Labute approximate surface area is 85.1 Å². The van der Waals surface area contributed by atoms with Crippen molar-refractivity contribution in [1.29, 1.82) is 0 Å². The Morgan fingerprint density at radius 2 is 2.23 bits per heavy atom. The maximum absolute atomic E-state index is 12.3. The van der Waals surface area contributed by atoms with Gasteiger partial charge in [0, 0.05) is 10.9 Å². The fourth-order valence-corrected chi connectivity index (χ4v) is 1.63. The molecule has 0 unspecified atom stereocenters. The molecule has 0 saturated heterocycles. The Kier molecular flexibility index (Phi) is 3.60. The van der Waals surface area contributed by atoms with Crippen molar-refractivity contribution in [3.05, 3.63) is 33.8 Å². The second-order valence-corrected chi connectivity index (χ2v) is 3.79. The second kappa shape index (κ2) is 4.51. The molecule has 0 atom stereocenters. The minimum atomic E-state index is -0.485. The van der Waals surface area contributed by atoms with Gasteiger partial charge in [-0.25, -0.2) is 4.39 Å². The average Bonchev–Trinajstić information content (AvgIpc) is 2.03. The number of Topliss-reactive ketones (excluding diaryl/α,β-unsaturated/α-hetero) is 1. The molecular formula is C10H10BrFO. The van der Waals surface area contributed by atoms with Crippen molar-refractivity contribution in [2.24, 2.45) is 0 Å². The number of alkyl halides is 1. The highest BCUT2D eigenvalue weighted by molar-refractivity contribution is 9.10. The molecule has 1 aromatic carbocycles. The fraction of sp³-hybridized carbons (Fsp3) is 0.300. The van der Waals surface area contributed by atoms with Gasteiger partial charge in [-0.1, -0.05) is 28.1 Å². The minimum absolute atomic E-state index is 0.111. The molecule has 0 aliphatic heterocycles. The lowest BCUT2D eigenvalue weighted by atomic mass is 10.1. The number of hydrogen-bond acceptors (Lipinski definition) is 1. The summed E-state index contributed by atoms with van der Waals surface area (Å²) in [5, 5.41) is 0. The maximum atomic E-state index is 12.3. The zero-order valence-electron chi connectivity index (χ0n) is 7.31. The van der Waals surface area contributed by atoms with Crippen LogP contribution in [0.5, 0.6) is 0 Å². The highest BCUT2D eigenvalue weighted by atomic mass is 79.9. The van der Waals surface area contributed by atoms with E-state index >= 15 is 0 Å². The number of ketones is 1. The largest absolute Gasteiger partial charge is 0.300 e. The quantitative estimate of drug-likeness (QED) is 0.799. The molecule has 0 heterocycles. The summed E-state index contributed by atoms with van der Waals surface area (Å²) >= 11 is 3.25. The van der Waals surface area contributed by atoms with Crippen molar-refractivity contribution in [2.75, 3.05) is 0 Å². The summed E-state index contributed by atoms with van der Waals surface area (Å²) in [5.41, 5.74) is 1.53. The predicted molar refractivity (Wildman–Crippen MR) is 53.3 cm³/mol. The summed E-state index contributed by atoms with van der Waals surface area (Å²) in [6.45, 7) is 1.05. The average molecular weight is 245 g/mol. The van der Waals surface area contributed by atoms with Crippen molar-refractivity contribution >= 4 is 21.7 Å². The Morgan fingerprint density at radius 3 is 2.69 bits per heavy atom. The molecule has 13 heavy (non-hydrogen) atoms. The van der Waals surface area contributed by atoms with E-state index in [1.165, 1.54) is 6.92 Å². The summed E-state index contributed by atoms with van der Waals surface area (Å²) in [5.74, 6) is 0.111. The van der Waals surface area contributed by atoms with E-state index in [4.69, 9.17) is 0 Å².